The first-order valence-electron chi connectivity index (χ1n) is 21.2. The summed E-state index contributed by atoms with van der Waals surface area (Å²) in [6.45, 7) is 3.19. The normalized spacial score (nSPS) is 15.3. The lowest BCUT2D eigenvalue weighted by Gasteiger charge is -2.20. The second kappa shape index (κ2) is 39.9. The number of unbranched alkanes of at least 4 members (excludes halogenated alkanes) is 7. The molecule has 0 fully saturated rings. The first kappa shape index (κ1) is 54.1. The maximum Gasteiger partial charge on any atom is 0.472 e. The maximum absolute atomic E-state index is 12.6. The molecule has 0 aliphatic rings. The van der Waals surface area contributed by atoms with Crippen molar-refractivity contribution in [3.63, 3.8) is 0 Å². The number of allylic oxidation sites excluding steroid dienone is 13. The molecular formula is C45H76NO10P. The molecule has 4 atom stereocenters. The van der Waals surface area contributed by atoms with E-state index in [0.29, 0.717) is 12.8 Å². The lowest BCUT2D eigenvalue weighted by atomic mass is 10.0. The van der Waals surface area contributed by atoms with Crippen molar-refractivity contribution >= 4 is 19.8 Å². The van der Waals surface area contributed by atoms with E-state index in [2.05, 4.69) is 68.5 Å². The van der Waals surface area contributed by atoms with E-state index >= 15 is 0 Å². The van der Waals surface area contributed by atoms with Gasteiger partial charge in [0.1, 0.15) is 6.61 Å². The number of aliphatic hydroxyl groups excluding tert-OH is 2. The third-order valence-corrected chi connectivity index (χ3v) is 9.45. The van der Waals surface area contributed by atoms with E-state index in [1.165, 1.54) is 38.5 Å². The van der Waals surface area contributed by atoms with Gasteiger partial charge in [0, 0.05) is 19.4 Å². The molecule has 0 bridgehead atoms. The fraction of sp³-hybridized carbons (Fsp3) is 0.644. The van der Waals surface area contributed by atoms with Crippen LogP contribution in [0.1, 0.15) is 142 Å². The van der Waals surface area contributed by atoms with Crippen LogP contribution in [0.2, 0.25) is 0 Å². The molecule has 0 heterocycles. The van der Waals surface area contributed by atoms with Crippen LogP contribution in [0.3, 0.4) is 0 Å². The van der Waals surface area contributed by atoms with Crippen LogP contribution in [0.15, 0.2) is 85.1 Å². The highest BCUT2D eigenvalue weighted by Gasteiger charge is 2.26. The first-order valence-corrected chi connectivity index (χ1v) is 22.7. The standard InChI is InChI=1S/C45H76NO10P/c1-3-5-7-9-11-13-15-17-18-19-20-21-23-25-27-29-31-35-45(50)56-41(40-55-57(51,52)54-38-37-46)39-53-44(49)36-32-34-43(48)42(47)33-30-28-26-24-22-16-14-12-10-8-6-4-2/h6,8,12,14,17-18,20-22,24-25,27-28,30,41-43,47-48H,3-5,7,9-11,13,15-16,19,23,26,29,31-40,46H2,1-2H3,(H,51,52)/b8-6-,14-12-,18-17-,21-20-,24-22-,27-25-,30-28-/t41-,42+,43+/m1/s1. The lowest BCUT2D eigenvalue weighted by molar-refractivity contribution is -0.161. The number of hydrogen-bond acceptors (Lipinski definition) is 10. The second-order valence-electron chi connectivity index (χ2n) is 13.8. The highest BCUT2D eigenvalue weighted by molar-refractivity contribution is 7.47. The molecule has 326 valence electrons. The Morgan fingerprint density at radius 3 is 1.74 bits per heavy atom. The van der Waals surface area contributed by atoms with Crippen LogP contribution in [-0.4, -0.2) is 71.7 Å². The number of carbonyl (C=O) groups excluding carboxylic acids is 2. The van der Waals surface area contributed by atoms with E-state index in [-0.39, 0.29) is 45.3 Å². The Hall–Kier alpha value is -2.89. The van der Waals surface area contributed by atoms with Crippen LogP contribution in [0.5, 0.6) is 0 Å². The van der Waals surface area contributed by atoms with Crippen LogP contribution < -0.4 is 5.73 Å². The quantitative estimate of drug-likeness (QED) is 0.0202. The molecule has 0 saturated heterocycles. The molecule has 12 heteroatoms. The van der Waals surface area contributed by atoms with Crippen molar-refractivity contribution in [2.45, 2.75) is 161 Å². The second-order valence-corrected chi connectivity index (χ2v) is 15.2. The summed E-state index contributed by atoms with van der Waals surface area (Å²) >= 11 is 0. The van der Waals surface area contributed by atoms with E-state index < -0.39 is 51.3 Å². The molecule has 0 saturated carbocycles. The predicted molar refractivity (Wildman–Crippen MR) is 231 cm³/mol. The van der Waals surface area contributed by atoms with Gasteiger partial charge in [-0.1, -0.05) is 131 Å². The summed E-state index contributed by atoms with van der Waals surface area (Å²) in [5.41, 5.74) is 5.32. The maximum atomic E-state index is 12.6. The van der Waals surface area contributed by atoms with E-state index in [1.807, 2.05) is 30.4 Å². The first-order chi connectivity index (χ1) is 27.6. The molecule has 5 N–H and O–H groups in total. The fourth-order valence-corrected chi connectivity index (χ4v) is 5.97. The van der Waals surface area contributed by atoms with Gasteiger partial charge in [0.25, 0.3) is 0 Å². The van der Waals surface area contributed by atoms with Crippen LogP contribution in [0.25, 0.3) is 0 Å². The predicted octanol–water partition coefficient (Wildman–Crippen LogP) is 9.99. The van der Waals surface area contributed by atoms with Crippen LogP contribution in [0.4, 0.5) is 0 Å². The van der Waals surface area contributed by atoms with Gasteiger partial charge >= 0.3 is 19.8 Å². The minimum atomic E-state index is -4.46. The third-order valence-electron chi connectivity index (χ3n) is 8.47. The van der Waals surface area contributed by atoms with Gasteiger partial charge in [0.2, 0.25) is 0 Å². The van der Waals surface area contributed by atoms with Crippen LogP contribution in [-0.2, 0) is 32.7 Å². The molecule has 1 unspecified atom stereocenters. The zero-order valence-corrected chi connectivity index (χ0v) is 35.9. The van der Waals surface area contributed by atoms with E-state index in [1.54, 1.807) is 0 Å². The zero-order chi connectivity index (χ0) is 42.1. The number of hydrogen-bond donors (Lipinski definition) is 4. The van der Waals surface area contributed by atoms with Gasteiger partial charge in [-0.25, -0.2) is 4.57 Å². The van der Waals surface area contributed by atoms with Gasteiger partial charge in [-0.3, -0.25) is 18.6 Å². The molecule has 0 aliphatic heterocycles. The average molecular weight is 822 g/mol. The lowest BCUT2D eigenvalue weighted by Crippen LogP contribution is -2.30. The van der Waals surface area contributed by atoms with Crippen molar-refractivity contribution in [3.05, 3.63) is 85.1 Å². The Balaban J connectivity index is 4.51. The van der Waals surface area contributed by atoms with Crippen molar-refractivity contribution in [1.82, 2.24) is 0 Å². The highest BCUT2D eigenvalue weighted by atomic mass is 31.2. The zero-order valence-electron chi connectivity index (χ0n) is 35.0. The molecule has 11 nitrogen and oxygen atoms in total. The van der Waals surface area contributed by atoms with Crippen molar-refractivity contribution in [1.29, 1.82) is 0 Å². The topological polar surface area (TPSA) is 175 Å². The Morgan fingerprint density at radius 2 is 1.14 bits per heavy atom. The smallest absolute Gasteiger partial charge is 0.462 e. The SMILES string of the molecule is CC/C=C\C/C=C\C/C=C\C/C=C\C[C@H](O)[C@@H](O)CCCC(=O)OC[C@H](COP(=O)(O)OCCN)OC(=O)CCC/C=C\C/C=C\C/C=C\CCCCCCCC. The van der Waals surface area contributed by atoms with E-state index in [0.717, 1.165) is 44.9 Å². The van der Waals surface area contributed by atoms with Crippen molar-refractivity contribution in [2.75, 3.05) is 26.4 Å². The molecule has 0 aromatic rings. The monoisotopic (exact) mass is 822 g/mol. The molecule has 0 spiro atoms. The molecule has 0 radical (unpaired) electrons. The number of carbonyl (C=O) groups is 2. The molecule has 0 amide bonds. The van der Waals surface area contributed by atoms with E-state index in [4.69, 9.17) is 24.3 Å². The van der Waals surface area contributed by atoms with Gasteiger partial charge in [-0.15, -0.1) is 0 Å². The van der Waals surface area contributed by atoms with Gasteiger partial charge in [-0.2, -0.15) is 0 Å². The molecule has 0 aromatic carbocycles. The summed E-state index contributed by atoms with van der Waals surface area (Å²) in [4.78, 5) is 34.9. The summed E-state index contributed by atoms with van der Waals surface area (Å²) in [5.74, 6) is -1.19. The van der Waals surface area contributed by atoms with Crippen molar-refractivity contribution in [3.8, 4) is 0 Å². The summed E-state index contributed by atoms with van der Waals surface area (Å²) in [6, 6.07) is 0. The molecular weight excluding hydrogens is 745 g/mol. The molecule has 0 rings (SSSR count). The number of phosphoric ester groups is 1. The van der Waals surface area contributed by atoms with E-state index in [9.17, 15) is 29.3 Å². The Labute approximate surface area is 344 Å². The average Bonchev–Trinajstić information content (AvgIpc) is 3.19. The van der Waals surface area contributed by atoms with Crippen LogP contribution >= 0.6 is 7.82 Å². The highest BCUT2D eigenvalue weighted by Crippen LogP contribution is 2.43. The number of aliphatic hydroxyl groups is 2. The summed E-state index contributed by atoms with van der Waals surface area (Å²) in [7, 11) is -4.46. The molecule has 57 heavy (non-hydrogen) atoms. The van der Waals surface area contributed by atoms with Gasteiger partial charge < -0.3 is 30.3 Å². The Morgan fingerprint density at radius 1 is 0.614 bits per heavy atom. The van der Waals surface area contributed by atoms with Crippen molar-refractivity contribution < 1.29 is 47.8 Å². The van der Waals surface area contributed by atoms with Crippen molar-refractivity contribution in [2.24, 2.45) is 5.73 Å². The van der Waals surface area contributed by atoms with Gasteiger partial charge in [-0.05, 0) is 83.5 Å². The summed E-state index contributed by atoms with van der Waals surface area (Å²) in [5, 5.41) is 20.6. The number of nitrogens with two attached hydrogens (primary N) is 1. The molecule has 0 aromatic heterocycles. The largest absolute Gasteiger partial charge is 0.472 e. The fourth-order valence-electron chi connectivity index (χ4n) is 5.21. The Kier molecular flexibility index (Phi) is 37.9. The number of rotatable bonds is 38. The Bertz CT molecular complexity index is 1240. The number of phosphoric acid groups is 1. The van der Waals surface area contributed by atoms with Gasteiger partial charge in [0.15, 0.2) is 6.10 Å². The third kappa shape index (κ3) is 38.4. The number of ether oxygens (including phenoxy) is 2. The van der Waals surface area contributed by atoms with Crippen LogP contribution in [0, 0.1) is 0 Å². The minimum absolute atomic E-state index is 0.00152. The molecule has 0 aliphatic carbocycles. The summed E-state index contributed by atoms with van der Waals surface area (Å²) < 4.78 is 32.5. The summed E-state index contributed by atoms with van der Waals surface area (Å²) in [6.07, 6.45) is 42.3. The number of esters is 2. The van der Waals surface area contributed by atoms with Gasteiger partial charge in [0.05, 0.1) is 25.4 Å². The minimum Gasteiger partial charge on any atom is -0.462 e.